The van der Waals surface area contributed by atoms with E-state index in [1.54, 1.807) is 7.11 Å². The van der Waals surface area contributed by atoms with Crippen molar-refractivity contribution in [2.45, 2.75) is 22.6 Å². The van der Waals surface area contributed by atoms with Crippen molar-refractivity contribution in [3.8, 4) is 5.75 Å². The average Bonchev–Trinajstić information content (AvgIpc) is 3.30. The molecule has 1 aromatic heterocycles. The average molecular weight is 471 g/mol. The van der Waals surface area contributed by atoms with E-state index in [1.807, 2.05) is 30.3 Å². The van der Waals surface area contributed by atoms with Crippen LogP contribution in [0.2, 0.25) is 0 Å². The third-order valence-corrected chi connectivity index (χ3v) is 7.51. The maximum absolute atomic E-state index is 12.6. The summed E-state index contributed by atoms with van der Waals surface area (Å²) < 4.78 is 11.7. The molecule has 2 aromatic carbocycles. The minimum Gasteiger partial charge on any atom is -0.495 e. The second-order valence-electron chi connectivity index (χ2n) is 7.52. The van der Waals surface area contributed by atoms with Gasteiger partial charge in [-0.15, -0.1) is 10.2 Å². The zero-order valence-electron chi connectivity index (χ0n) is 17.9. The second kappa shape index (κ2) is 10.8. The summed E-state index contributed by atoms with van der Waals surface area (Å²) in [6, 6.07) is 18.0. The summed E-state index contributed by atoms with van der Waals surface area (Å²) in [6.45, 7) is 2.04. The van der Waals surface area contributed by atoms with Gasteiger partial charge in [0.1, 0.15) is 5.75 Å². The molecule has 0 unspecified atom stereocenters. The Labute approximate surface area is 195 Å². The molecule has 3 aromatic rings. The van der Waals surface area contributed by atoms with Gasteiger partial charge in [0, 0.05) is 25.2 Å². The highest BCUT2D eigenvalue weighted by Crippen LogP contribution is 2.34. The van der Waals surface area contributed by atoms with Crippen molar-refractivity contribution < 1.29 is 14.3 Å². The van der Waals surface area contributed by atoms with Crippen molar-refractivity contribution in [3.63, 3.8) is 0 Å². The molecule has 4 rings (SSSR count). The van der Waals surface area contributed by atoms with Crippen LogP contribution < -0.4 is 15.4 Å². The minimum atomic E-state index is -0.0750. The number of anilines is 2. The number of para-hydroxylation sites is 2. The number of ether oxygens (including phenoxy) is 2. The molecule has 1 aliphatic rings. The smallest absolute Gasteiger partial charge is 0.230 e. The van der Waals surface area contributed by atoms with Gasteiger partial charge in [0.05, 0.1) is 18.6 Å². The molecular formula is C23H26N4O3S2. The zero-order chi connectivity index (χ0) is 22.2. The van der Waals surface area contributed by atoms with E-state index in [9.17, 15) is 4.79 Å². The molecular weight excluding hydrogens is 444 g/mol. The zero-order valence-corrected chi connectivity index (χ0v) is 19.5. The van der Waals surface area contributed by atoms with Crippen LogP contribution >= 0.6 is 23.1 Å². The number of nitrogens with one attached hydrogen (secondary N) is 2. The maximum Gasteiger partial charge on any atom is 0.230 e. The standard InChI is InChI=1S/C23H26N4O3S2/c1-29-19-10-6-5-9-18(19)25-21-26-27-22(32-21)31-15-20(28)24-16-23(11-13-30-14-12-23)17-7-3-2-4-8-17/h2-10H,11-16H2,1H3,(H,24,28)(H,25,26). The first-order valence-electron chi connectivity index (χ1n) is 10.4. The molecule has 1 saturated heterocycles. The highest BCUT2D eigenvalue weighted by molar-refractivity contribution is 8.01. The molecule has 2 heterocycles. The van der Waals surface area contributed by atoms with E-state index in [0.717, 1.165) is 28.6 Å². The molecule has 0 radical (unpaired) electrons. The number of hydrogen-bond acceptors (Lipinski definition) is 8. The highest BCUT2D eigenvalue weighted by atomic mass is 32.2. The van der Waals surface area contributed by atoms with Crippen LogP contribution in [0.15, 0.2) is 58.9 Å². The van der Waals surface area contributed by atoms with Crippen molar-refractivity contribution in [1.29, 1.82) is 0 Å². The molecule has 32 heavy (non-hydrogen) atoms. The Morgan fingerprint density at radius 3 is 2.66 bits per heavy atom. The number of nitrogens with zero attached hydrogens (tertiary/aromatic N) is 2. The maximum atomic E-state index is 12.6. The molecule has 1 fully saturated rings. The summed E-state index contributed by atoms with van der Waals surface area (Å²) in [6.07, 6.45) is 1.80. The SMILES string of the molecule is COc1ccccc1Nc1nnc(SCC(=O)NCC2(c3ccccc3)CCOCC2)s1. The number of aromatic nitrogens is 2. The Balaban J connectivity index is 1.30. The number of methoxy groups -OCH3 is 1. The van der Waals surface area contributed by atoms with Crippen LogP contribution in [0.25, 0.3) is 0 Å². The first kappa shape index (κ1) is 22.6. The number of hydrogen-bond donors (Lipinski definition) is 2. The van der Waals surface area contributed by atoms with Gasteiger partial charge in [-0.25, -0.2) is 0 Å². The van der Waals surface area contributed by atoms with Gasteiger partial charge in [0.15, 0.2) is 4.34 Å². The molecule has 9 heteroatoms. The van der Waals surface area contributed by atoms with Crippen LogP contribution in [-0.4, -0.2) is 48.7 Å². The van der Waals surface area contributed by atoms with Gasteiger partial charge >= 0.3 is 0 Å². The van der Waals surface area contributed by atoms with Crippen LogP contribution in [0.5, 0.6) is 5.75 Å². The molecule has 1 amide bonds. The van der Waals surface area contributed by atoms with E-state index in [2.05, 4.69) is 45.1 Å². The predicted octanol–water partition coefficient (Wildman–Crippen LogP) is 4.25. The number of carbonyl (C=O) groups is 1. The van der Waals surface area contributed by atoms with Crippen molar-refractivity contribution in [1.82, 2.24) is 15.5 Å². The van der Waals surface area contributed by atoms with Gasteiger partial charge in [0.25, 0.3) is 0 Å². The normalized spacial score (nSPS) is 15.2. The Bertz CT molecular complexity index is 1020. The fourth-order valence-corrected chi connectivity index (χ4v) is 5.34. The lowest BCUT2D eigenvalue weighted by atomic mass is 9.74. The topological polar surface area (TPSA) is 85.4 Å². The van der Waals surface area contributed by atoms with E-state index in [4.69, 9.17) is 9.47 Å². The quantitative estimate of drug-likeness (QED) is 0.452. The lowest BCUT2D eigenvalue weighted by molar-refractivity contribution is -0.119. The Hall–Kier alpha value is -2.62. The first-order chi connectivity index (χ1) is 15.7. The van der Waals surface area contributed by atoms with Crippen LogP contribution in [-0.2, 0) is 14.9 Å². The molecule has 2 N–H and O–H groups in total. The summed E-state index contributed by atoms with van der Waals surface area (Å²) in [5, 5.41) is 15.4. The second-order valence-corrected chi connectivity index (χ2v) is 9.72. The summed E-state index contributed by atoms with van der Waals surface area (Å²) in [5.41, 5.74) is 2.00. The summed E-state index contributed by atoms with van der Waals surface area (Å²) >= 11 is 2.80. The monoisotopic (exact) mass is 470 g/mol. The summed E-state index contributed by atoms with van der Waals surface area (Å²) in [4.78, 5) is 12.6. The van der Waals surface area contributed by atoms with Crippen molar-refractivity contribution in [2.24, 2.45) is 0 Å². The molecule has 0 aliphatic carbocycles. The lowest BCUT2D eigenvalue weighted by Gasteiger charge is -2.38. The number of carbonyl (C=O) groups excluding carboxylic acids is 1. The van der Waals surface area contributed by atoms with Gasteiger partial charge in [-0.2, -0.15) is 0 Å². The number of amides is 1. The molecule has 0 spiro atoms. The largest absolute Gasteiger partial charge is 0.495 e. The van der Waals surface area contributed by atoms with Crippen molar-refractivity contribution >= 4 is 39.8 Å². The minimum absolute atomic E-state index is 0.00812. The van der Waals surface area contributed by atoms with Crippen molar-refractivity contribution in [3.05, 3.63) is 60.2 Å². The van der Waals surface area contributed by atoms with Crippen LogP contribution in [0.3, 0.4) is 0 Å². The van der Waals surface area contributed by atoms with Crippen LogP contribution in [0.1, 0.15) is 18.4 Å². The third-order valence-electron chi connectivity index (χ3n) is 5.54. The number of rotatable bonds is 9. The Morgan fingerprint density at radius 1 is 1.12 bits per heavy atom. The van der Waals surface area contributed by atoms with Gasteiger partial charge in [-0.05, 0) is 30.5 Å². The van der Waals surface area contributed by atoms with E-state index < -0.39 is 0 Å². The highest BCUT2D eigenvalue weighted by Gasteiger charge is 2.34. The molecule has 7 nitrogen and oxygen atoms in total. The summed E-state index contributed by atoms with van der Waals surface area (Å²) in [5.74, 6) is 1.02. The molecule has 0 atom stereocenters. The van der Waals surface area contributed by atoms with Gasteiger partial charge < -0.3 is 20.1 Å². The number of benzene rings is 2. The Kier molecular flexibility index (Phi) is 7.62. The van der Waals surface area contributed by atoms with E-state index in [0.29, 0.717) is 30.6 Å². The third kappa shape index (κ3) is 5.59. The van der Waals surface area contributed by atoms with Gasteiger partial charge in [0.2, 0.25) is 11.0 Å². The van der Waals surface area contributed by atoms with Crippen LogP contribution in [0.4, 0.5) is 10.8 Å². The van der Waals surface area contributed by atoms with E-state index in [1.165, 1.54) is 28.7 Å². The van der Waals surface area contributed by atoms with E-state index in [-0.39, 0.29) is 11.3 Å². The molecule has 1 aliphatic heterocycles. The predicted molar refractivity (Wildman–Crippen MR) is 128 cm³/mol. The van der Waals surface area contributed by atoms with Crippen molar-refractivity contribution in [2.75, 3.05) is 37.9 Å². The van der Waals surface area contributed by atoms with Gasteiger partial charge in [-0.3, -0.25) is 4.79 Å². The Morgan fingerprint density at radius 2 is 1.88 bits per heavy atom. The molecule has 168 valence electrons. The van der Waals surface area contributed by atoms with E-state index >= 15 is 0 Å². The fourth-order valence-electron chi connectivity index (χ4n) is 3.75. The lowest BCUT2D eigenvalue weighted by Crippen LogP contribution is -2.45. The molecule has 0 bridgehead atoms. The summed E-state index contributed by atoms with van der Waals surface area (Å²) in [7, 11) is 1.63. The van der Waals surface area contributed by atoms with Crippen LogP contribution in [0, 0.1) is 0 Å². The van der Waals surface area contributed by atoms with Gasteiger partial charge in [-0.1, -0.05) is 65.6 Å². The first-order valence-corrected chi connectivity index (χ1v) is 12.3. The fraction of sp³-hybridized carbons (Fsp3) is 0.348. The number of thioether (sulfide) groups is 1. The molecule has 0 saturated carbocycles.